The standard InChI is InChI=1S/C19H18ClN3O4/c1-2-17(24)18-8-7-15(27-18)11-23-10-14(9-21-23)22-19(25)26-12-13-5-3-4-6-16(13)20/h3-10H,2,11-12H2,1H3,(H,22,25). The van der Waals surface area contributed by atoms with Gasteiger partial charge < -0.3 is 9.15 Å². The minimum absolute atomic E-state index is 0.0506. The van der Waals surface area contributed by atoms with Crippen LogP contribution in [-0.2, 0) is 17.9 Å². The third kappa shape index (κ3) is 4.98. The highest BCUT2D eigenvalue weighted by molar-refractivity contribution is 6.31. The van der Waals surface area contributed by atoms with Gasteiger partial charge in [0.2, 0.25) is 0 Å². The first-order chi connectivity index (χ1) is 13.0. The number of halogens is 1. The predicted octanol–water partition coefficient (Wildman–Crippen LogP) is 4.52. The van der Waals surface area contributed by atoms with E-state index in [1.165, 1.54) is 6.20 Å². The molecule has 0 bridgehead atoms. The monoisotopic (exact) mass is 387 g/mol. The summed E-state index contributed by atoms with van der Waals surface area (Å²) in [5.74, 6) is 0.884. The molecule has 0 spiro atoms. The van der Waals surface area contributed by atoms with Crippen LogP contribution < -0.4 is 5.32 Å². The fourth-order valence-electron chi connectivity index (χ4n) is 2.37. The van der Waals surface area contributed by atoms with E-state index in [2.05, 4.69) is 10.4 Å². The molecule has 0 aliphatic heterocycles. The van der Waals surface area contributed by atoms with E-state index >= 15 is 0 Å². The molecular weight excluding hydrogens is 370 g/mol. The molecular formula is C19H18ClN3O4. The van der Waals surface area contributed by atoms with E-state index in [0.717, 1.165) is 5.56 Å². The maximum absolute atomic E-state index is 11.9. The second kappa shape index (κ2) is 8.55. The van der Waals surface area contributed by atoms with Gasteiger partial charge in [-0.15, -0.1) is 0 Å². The zero-order chi connectivity index (χ0) is 19.2. The molecule has 8 heteroatoms. The van der Waals surface area contributed by atoms with Crippen molar-refractivity contribution in [1.82, 2.24) is 9.78 Å². The van der Waals surface area contributed by atoms with Gasteiger partial charge in [-0.3, -0.25) is 14.8 Å². The number of benzene rings is 1. The zero-order valence-corrected chi connectivity index (χ0v) is 15.4. The summed E-state index contributed by atoms with van der Waals surface area (Å²) in [6.07, 6.45) is 2.92. The predicted molar refractivity (Wildman–Crippen MR) is 99.9 cm³/mol. The molecule has 1 N–H and O–H groups in total. The minimum atomic E-state index is -0.608. The number of rotatable bonds is 7. The number of ether oxygens (including phenoxy) is 1. The largest absolute Gasteiger partial charge is 0.456 e. The number of nitrogens with one attached hydrogen (secondary N) is 1. The Labute approximate surface area is 160 Å². The molecule has 0 atom stereocenters. The first kappa shape index (κ1) is 18.7. The minimum Gasteiger partial charge on any atom is -0.456 e. The number of Topliss-reactive ketones (excluding diaryl/α,β-unsaturated/α-hetero) is 1. The van der Waals surface area contributed by atoms with E-state index in [-0.39, 0.29) is 12.4 Å². The zero-order valence-electron chi connectivity index (χ0n) is 14.6. The van der Waals surface area contributed by atoms with E-state index in [1.807, 2.05) is 6.07 Å². The highest BCUT2D eigenvalue weighted by Gasteiger charge is 2.11. The van der Waals surface area contributed by atoms with Crippen LogP contribution in [0.4, 0.5) is 10.5 Å². The first-order valence-electron chi connectivity index (χ1n) is 8.36. The number of ketones is 1. The second-order valence-corrected chi connectivity index (χ2v) is 6.17. The molecule has 3 rings (SSSR count). The molecule has 3 aromatic rings. The Morgan fingerprint density at radius 1 is 1.26 bits per heavy atom. The van der Waals surface area contributed by atoms with Crippen molar-refractivity contribution in [3.63, 3.8) is 0 Å². The van der Waals surface area contributed by atoms with Crippen LogP contribution in [0.25, 0.3) is 0 Å². The summed E-state index contributed by atoms with van der Waals surface area (Å²) >= 11 is 6.02. The van der Waals surface area contributed by atoms with Gasteiger partial charge in [0.15, 0.2) is 11.5 Å². The summed E-state index contributed by atoms with van der Waals surface area (Å²) in [6, 6.07) is 10.5. The molecule has 0 unspecified atom stereocenters. The second-order valence-electron chi connectivity index (χ2n) is 5.76. The quantitative estimate of drug-likeness (QED) is 0.602. The van der Waals surface area contributed by atoms with Gasteiger partial charge in [-0.2, -0.15) is 5.10 Å². The van der Waals surface area contributed by atoms with Gasteiger partial charge in [0.25, 0.3) is 0 Å². The summed E-state index contributed by atoms with van der Waals surface area (Å²) < 4.78 is 12.2. The number of hydrogen-bond donors (Lipinski definition) is 1. The van der Waals surface area contributed by atoms with Gasteiger partial charge in [-0.1, -0.05) is 36.7 Å². The van der Waals surface area contributed by atoms with Crippen molar-refractivity contribution >= 4 is 29.2 Å². The SMILES string of the molecule is CCC(=O)c1ccc(Cn2cc(NC(=O)OCc3ccccc3Cl)cn2)o1. The van der Waals surface area contributed by atoms with Crippen LogP contribution in [0.3, 0.4) is 0 Å². The molecule has 7 nitrogen and oxygen atoms in total. The average molecular weight is 388 g/mol. The molecule has 27 heavy (non-hydrogen) atoms. The van der Waals surface area contributed by atoms with Gasteiger partial charge in [0, 0.05) is 23.2 Å². The lowest BCUT2D eigenvalue weighted by Crippen LogP contribution is -2.13. The average Bonchev–Trinajstić information content (AvgIpc) is 3.30. The molecule has 0 aliphatic carbocycles. The molecule has 0 fully saturated rings. The molecule has 0 radical (unpaired) electrons. The smallest absolute Gasteiger partial charge is 0.412 e. The van der Waals surface area contributed by atoms with Crippen molar-refractivity contribution in [3.8, 4) is 0 Å². The number of carbonyl (C=O) groups is 2. The number of aromatic nitrogens is 2. The molecule has 0 saturated carbocycles. The van der Waals surface area contributed by atoms with Crippen LogP contribution in [0.2, 0.25) is 5.02 Å². The lowest BCUT2D eigenvalue weighted by molar-refractivity contribution is 0.0959. The van der Waals surface area contributed by atoms with Gasteiger partial charge in [0.05, 0.1) is 18.4 Å². The van der Waals surface area contributed by atoms with Crippen LogP contribution in [0, 0.1) is 0 Å². The number of hydrogen-bond acceptors (Lipinski definition) is 5. The molecule has 140 valence electrons. The Morgan fingerprint density at radius 3 is 2.85 bits per heavy atom. The van der Waals surface area contributed by atoms with Crippen molar-refractivity contribution in [2.24, 2.45) is 0 Å². The van der Waals surface area contributed by atoms with Crippen molar-refractivity contribution in [2.75, 3.05) is 5.32 Å². The van der Waals surface area contributed by atoms with E-state index in [1.54, 1.807) is 48.1 Å². The summed E-state index contributed by atoms with van der Waals surface area (Å²) in [5.41, 5.74) is 1.20. The van der Waals surface area contributed by atoms with Crippen molar-refractivity contribution in [1.29, 1.82) is 0 Å². The summed E-state index contributed by atoms with van der Waals surface area (Å²) in [6.45, 7) is 2.19. The van der Waals surface area contributed by atoms with E-state index in [0.29, 0.717) is 35.2 Å². The van der Waals surface area contributed by atoms with Crippen molar-refractivity contribution in [3.05, 3.63) is 70.9 Å². The molecule has 0 aliphatic rings. The molecule has 1 aromatic carbocycles. The fourth-order valence-corrected chi connectivity index (χ4v) is 2.56. The van der Waals surface area contributed by atoms with Crippen LogP contribution >= 0.6 is 11.6 Å². The Hall–Kier alpha value is -3.06. The maximum atomic E-state index is 11.9. The normalized spacial score (nSPS) is 10.6. The van der Waals surface area contributed by atoms with E-state index in [9.17, 15) is 9.59 Å². The Bertz CT molecular complexity index is 948. The van der Waals surface area contributed by atoms with Crippen LogP contribution in [0.1, 0.15) is 35.2 Å². The number of carbonyl (C=O) groups excluding carboxylic acids is 2. The number of nitrogens with zero attached hydrogens (tertiary/aromatic N) is 2. The molecule has 0 saturated heterocycles. The number of anilines is 1. The van der Waals surface area contributed by atoms with Gasteiger partial charge in [-0.25, -0.2) is 4.79 Å². The summed E-state index contributed by atoms with van der Waals surface area (Å²) in [5, 5.41) is 7.29. The van der Waals surface area contributed by atoms with Gasteiger partial charge in [0.1, 0.15) is 12.4 Å². The van der Waals surface area contributed by atoms with E-state index < -0.39 is 6.09 Å². The van der Waals surface area contributed by atoms with Gasteiger partial charge >= 0.3 is 6.09 Å². The lowest BCUT2D eigenvalue weighted by atomic mass is 10.2. The van der Waals surface area contributed by atoms with Crippen LogP contribution in [0.5, 0.6) is 0 Å². The first-order valence-corrected chi connectivity index (χ1v) is 8.74. The van der Waals surface area contributed by atoms with Crippen LogP contribution in [0.15, 0.2) is 53.2 Å². The maximum Gasteiger partial charge on any atom is 0.412 e. The highest BCUT2D eigenvalue weighted by Crippen LogP contribution is 2.16. The number of furan rings is 1. The Balaban J connectivity index is 1.53. The molecule has 1 amide bonds. The summed E-state index contributed by atoms with van der Waals surface area (Å²) in [7, 11) is 0. The fraction of sp³-hybridized carbons (Fsp3) is 0.211. The Kier molecular flexibility index (Phi) is 5.93. The molecule has 2 heterocycles. The van der Waals surface area contributed by atoms with E-state index in [4.69, 9.17) is 20.8 Å². The van der Waals surface area contributed by atoms with Crippen molar-refractivity contribution < 1.29 is 18.7 Å². The molecule has 2 aromatic heterocycles. The number of amides is 1. The third-order valence-electron chi connectivity index (χ3n) is 3.77. The highest BCUT2D eigenvalue weighted by atomic mass is 35.5. The summed E-state index contributed by atoms with van der Waals surface area (Å²) in [4.78, 5) is 23.5. The van der Waals surface area contributed by atoms with Gasteiger partial charge in [-0.05, 0) is 18.2 Å². The topological polar surface area (TPSA) is 86.4 Å². The Morgan fingerprint density at radius 2 is 2.07 bits per heavy atom. The lowest BCUT2D eigenvalue weighted by Gasteiger charge is -2.06. The van der Waals surface area contributed by atoms with Crippen LogP contribution in [-0.4, -0.2) is 21.7 Å². The van der Waals surface area contributed by atoms with Crippen molar-refractivity contribution in [2.45, 2.75) is 26.5 Å². The third-order valence-corrected chi connectivity index (χ3v) is 4.14.